The number of piperidine rings is 1. The molecule has 2 atom stereocenters. The molecule has 4 heteroatoms. The van der Waals surface area contributed by atoms with Crippen molar-refractivity contribution in [3.05, 3.63) is 0 Å². The van der Waals surface area contributed by atoms with Gasteiger partial charge in [0.05, 0.1) is 12.1 Å². The van der Waals surface area contributed by atoms with Gasteiger partial charge in [-0.1, -0.05) is 13.3 Å². The van der Waals surface area contributed by atoms with Crippen molar-refractivity contribution in [2.45, 2.75) is 45.1 Å². The lowest BCUT2D eigenvalue weighted by molar-refractivity contribution is -0.124. The van der Waals surface area contributed by atoms with Crippen molar-refractivity contribution in [1.82, 2.24) is 10.6 Å². The highest BCUT2D eigenvalue weighted by Crippen LogP contribution is 2.19. The summed E-state index contributed by atoms with van der Waals surface area (Å²) in [4.78, 5) is 11.8. The first-order valence-corrected chi connectivity index (χ1v) is 6.16. The van der Waals surface area contributed by atoms with Crippen LogP contribution in [-0.2, 0) is 4.79 Å². The van der Waals surface area contributed by atoms with Crippen molar-refractivity contribution >= 4 is 5.91 Å². The normalized spacial score (nSPS) is 24.8. The summed E-state index contributed by atoms with van der Waals surface area (Å²) in [6.07, 6.45) is 4.53. The van der Waals surface area contributed by atoms with Gasteiger partial charge in [0.15, 0.2) is 0 Å². The molecule has 1 aliphatic rings. The first kappa shape index (κ1) is 13.0. The van der Waals surface area contributed by atoms with Gasteiger partial charge in [-0.15, -0.1) is 0 Å². The van der Waals surface area contributed by atoms with Crippen molar-refractivity contribution < 1.29 is 4.79 Å². The van der Waals surface area contributed by atoms with E-state index in [4.69, 9.17) is 5.26 Å². The van der Waals surface area contributed by atoms with Crippen molar-refractivity contribution in [2.24, 2.45) is 5.92 Å². The molecule has 0 bridgehead atoms. The second-order valence-corrected chi connectivity index (χ2v) is 4.36. The van der Waals surface area contributed by atoms with Crippen molar-refractivity contribution in [2.75, 3.05) is 13.1 Å². The maximum atomic E-state index is 11.8. The molecule has 1 rings (SSSR count). The smallest absolute Gasteiger partial charge is 0.237 e. The van der Waals surface area contributed by atoms with Crippen LogP contribution in [0.2, 0.25) is 0 Å². The van der Waals surface area contributed by atoms with Crippen LogP contribution in [0.4, 0.5) is 0 Å². The van der Waals surface area contributed by atoms with Crippen LogP contribution in [0.5, 0.6) is 0 Å². The molecule has 4 nitrogen and oxygen atoms in total. The second kappa shape index (κ2) is 7.24. The van der Waals surface area contributed by atoms with E-state index in [1.54, 1.807) is 0 Å². The summed E-state index contributed by atoms with van der Waals surface area (Å²) in [5, 5.41) is 14.5. The summed E-state index contributed by atoms with van der Waals surface area (Å²) in [5.74, 6) is 0.771. The lowest BCUT2D eigenvalue weighted by Gasteiger charge is -2.28. The number of unbranched alkanes of at least 4 members (excludes halogenated alkanes) is 1. The second-order valence-electron chi connectivity index (χ2n) is 4.36. The Hall–Kier alpha value is -1.08. The lowest BCUT2D eigenvalue weighted by Crippen LogP contribution is -2.48. The van der Waals surface area contributed by atoms with Crippen LogP contribution in [0.25, 0.3) is 0 Å². The summed E-state index contributed by atoms with van der Waals surface area (Å²) in [6, 6.07) is 2.04. The Kier molecular flexibility index (Phi) is 5.87. The van der Waals surface area contributed by atoms with Gasteiger partial charge in [0, 0.05) is 13.0 Å². The van der Waals surface area contributed by atoms with Gasteiger partial charge in [0.2, 0.25) is 5.91 Å². The first-order chi connectivity index (χ1) is 7.77. The first-order valence-electron chi connectivity index (χ1n) is 6.16. The number of rotatable bonds is 5. The zero-order valence-electron chi connectivity index (χ0n) is 9.96. The summed E-state index contributed by atoms with van der Waals surface area (Å²) in [5.41, 5.74) is 0. The molecule has 2 N–H and O–H groups in total. The van der Waals surface area contributed by atoms with Crippen LogP contribution in [0.15, 0.2) is 0 Å². The van der Waals surface area contributed by atoms with Gasteiger partial charge in [0.25, 0.3) is 0 Å². The maximum Gasteiger partial charge on any atom is 0.237 e. The Balaban J connectivity index is 2.22. The zero-order chi connectivity index (χ0) is 11.8. The van der Waals surface area contributed by atoms with E-state index in [1.165, 1.54) is 6.42 Å². The lowest BCUT2D eigenvalue weighted by atomic mass is 9.90. The van der Waals surface area contributed by atoms with Gasteiger partial charge in [-0.2, -0.15) is 5.26 Å². The Morgan fingerprint density at radius 2 is 2.44 bits per heavy atom. The quantitative estimate of drug-likeness (QED) is 0.688. The van der Waals surface area contributed by atoms with Crippen molar-refractivity contribution in [1.29, 1.82) is 5.26 Å². The molecule has 0 aliphatic carbocycles. The van der Waals surface area contributed by atoms with Crippen LogP contribution in [0, 0.1) is 17.2 Å². The van der Waals surface area contributed by atoms with Crippen LogP contribution in [-0.4, -0.2) is 25.0 Å². The van der Waals surface area contributed by atoms with Gasteiger partial charge in [-0.3, -0.25) is 4.79 Å². The van der Waals surface area contributed by atoms with Gasteiger partial charge in [0.1, 0.15) is 0 Å². The number of hydrogen-bond donors (Lipinski definition) is 2. The Bertz CT molecular complexity index is 259. The maximum absolute atomic E-state index is 11.8. The molecule has 1 aliphatic heterocycles. The van der Waals surface area contributed by atoms with E-state index < -0.39 is 0 Å². The molecule has 0 aromatic rings. The van der Waals surface area contributed by atoms with Gasteiger partial charge in [-0.05, 0) is 31.7 Å². The Morgan fingerprint density at radius 1 is 1.62 bits per heavy atom. The highest BCUT2D eigenvalue weighted by Gasteiger charge is 2.25. The third-order valence-electron chi connectivity index (χ3n) is 3.17. The molecule has 0 saturated carbocycles. The van der Waals surface area contributed by atoms with E-state index in [2.05, 4.69) is 23.6 Å². The van der Waals surface area contributed by atoms with E-state index in [9.17, 15) is 4.79 Å². The molecule has 90 valence electrons. The predicted molar refractivity (Wildman–Crippen MR) is 62.7 cm³/mol. The van der Waals surface area contributed by atoms with E-state index in [0.717, 1.165) is 25.8 Å². The fraction of sp³-hybridized carbons (Fsp3) is 0.833. The average molecular weight is 223 g/mol. The number of carbonyl (C=O) groups excluding carboxylic acids is 1. The molecular formula is C12H21N3O. The minimum Gasteiger partial charge on any atom is -0.355 e. The average Bonchev–Trinajstić information content (AvgIpc) is 2.34. The highest BCUT2D eigenvalue weighted by atomic mass is 16.2. The van der Waals surface area contributed by atoms with Crippen molar-refractivity contribution in [3.63, 3.8) is 0 Å². The summed E-state index contributed by atoms with van der Waals surface area (Å²) in [7, 11) is 0. The molecule has 0 radical (unpaired) electrons. The number of nitrogens with one attached hydrogen (secondary N) is 2. The molecule has 0 aromatic carbocycles. The third kappa shape index (κ3) is 4.19. The van der Waals surface area contributed by atoms with Gasteiger partial charge < -0.3 is 10.6 Å². The van der Waals surface area contributed by atoms with Gasteiger partial charge >= 0.3 is 0 Å². The van der Waals surface area contributed by atoms with Crippen LogP contribution in [0.1, 0.15) is 39.0 Å². The van der Waals surface area contributed by atoms with Crippen LogP contribution < -0.4 is 10.6 Å². The molecular weight excluding hydrogens is 202 g/mol. The molecule has 1 amide bonds. The summed E-state index contributed by atoms with van der Waals surface area (Å²) >= 11 is 0. The molecule has 0 aromatic heterocycles. The highest BCUT2D eigenvalue weighted by molar-refractivity contribution is 5.81. The number of nitriles is 1. The minimum absolute atomic E-state index is 0.0271. The van der Waals surface area contributed by atoms with Crippen LogP contribution in [0.3, 0.4) is 0 Å². The van der Waals surface area contributed by atoms with E-state index >= 15 is 0 Å². The Morgan fingerprint density at radius 3 is 3.12 bits per heavy atom. The van der Waals surface area contributed by atoms with Gasteiger partial charge in [-0.25, -0.2) is 0 Å². The fourth-order valence-electron chi connectivity index (χ4n) is 2.07. The van der Waals surface area contributed by atoms with Crippen LogP contribution >= 0.6 is 0 Å². The number of nitrogens with zero attached hydrogens (tertiary/aromatic N) is 1. The third-order valence-corrected chi connectivity index (χ3v) is 3.17. The zero-order valence-corrected chi connectivity index (χ0v) is 9.96. The largest absolute Gasteiger partial charge is 0.355 e. The molecule has 1 fully saturated rings. The fourth-order valence-corrected chi connectivity index (χ4v) is 2.07. The van der Waals surface area contributed by atoms with Crippen molar-refractivity contribution in [3.8, 4) is 6.07 Å². The predicted octanol–water partition coefficient (Wildman–Crippen LogP) is 1.18. The molecule has 1 saturated heterocycles. The molecule has 16 heavy (non-hydrogen) atoms. The Labute approximate surface area is 97.4 Å². The standard InChI is InChI=1S/C12H21N3O/c1-2-10-5-8-14-11(9-10)12(16)15-7-4-3-6-13/h10-11,14H,2-5,7-9H2,1H3,(H,15,16). The topological polar surface area (TPSA) is 64.9 Å². The SMILES string of the molecule is CCC1CCNC(C(=O)NCCCC#N)C1. The molecule has 1 heterocycles. The van der Waals surface area contributed by atoms with E-state index in [-0.39, 0.29) is 11.9 Å². The van der Waals surface area contributed by atoms with E-state index in [0.29, 0.717) is 18.9 Å². The molecule has 2 unspecified atom stereocenters. The number of carbonyl (C=O) groups is 1. The van der Waals surface area contributed by atoms with E-state index in [1.807, 2.05) is 0 Å². The number of amides is 1. The summed E-state index contributed by atoms with van der Waals surface area (Å²) in [6.45, 7) is 3.73. The summed E-state index contributed by atoms with van der Waals surface area (Å²) < 4.78 is 0. The number of hydrogen-bond acceptors (Lipinski definition) is 3. The monoisotopic (exact) mass is 223 g/mol. The molecule has 0 spiro atoms. The minimum atomic E-state index is -0.0271.